The molecular weight excluding hydrogens is 288 g/mol. The molecule has 23 heavy (non-hydrogen) atoms. The van der Waals surface area contributed by atoms with Crippen molar-refractivity contribution >= 4 is 17.5 Å². The van der Waals surface area contributed by atoms with Gasteiger partial charge in [-0.2, -0.15) is 0 Å². The summed E-state index contributed by atoms with van der Waals surface area (Å²) < 4.78 is 5.25. The van der Waals surface area contributed by atoms with Crippen LogP contribution in [0.5, 0.6) is 0 Å². The first-order valence-electron chi connectivity index (χ1n) is 7.80. The Morgan fingerprint density at radius 3 is 2.39 bits per heavy atom. The molecule has 0 fully saturated rings. The number of ether oxygens (including phenoxy) is 1. The third kappa shape index (κ3) is 6.43. The molecular formula is C19H24N2O2. The maximum Gasteiger partial charge on any atom is 0.412 e. The second-order valence-corrected chi connectivity index (χ2v) is 6.37. The number of amides is 1. The van der Waals surface area contributed by atoms with Gasteiger partial charge >= 0.3 is 6.09 Å². The van der Waals surface area contributed by atoms with E-state index in [1.165, 1.54) is 5.56 Å². The van der Waals surface area contributed by atoms with E-state index in [4.69, 9.17) is 4.74 Å². The lowest BCUT2D eigenvalue weighted by Gasteiger charge is -2.19. The second kappa shape index (κ2) is 7.68. The summed E-state index contributed by atoms with van der Waals surface area (Å²) in [6.07, 6.45) is 0.504. The van der Waals surface area contributed by atoms with Crippen molar-refractivity contribution in [1.82, 2.24) is 0 Å². The molecule has 2 aromatic carbocycles. The van der Waals surface area contributed by atoms with Gasteiger partial charge in [-0.15, -0.1) is 0 Å². The van der Waals surface area contributed by atoms with E-state index in [2.05, 4.69) is 22.8 Å². The summed E-state index contributed by atoms with van der Waals surface area (Å²) >= 11 is 0. The molecule has 0 bridgehead atoms. The minimum absolute atomic E-state index is 0.445. The highest BCUT2D eigenvalue weighted by Crippen LogP contribution is 2.16. The molecule has 0 radical (unpaired) electrons. The number of anilines is 2. The molecule has 0 unspecified atom stereocenters. The number of nitrogens with one attached hydrogen (secondary N) is 2. The lowest BCUT2D eigenvalue weighted by atomic mass is 10.1. The summed E-state index contributed by atoms with van der Waals surface area (Å²) in [4.78, 5) is 11.8. The molecule has 4 nitrogen and oxygen atoms in total. The molecule has 0 saturated heterocycles. The molecule has 4 heteroatoms. The Kier molecular flexibility index (Phi) is 5.63. The van der Waals surface area contributed by atoms with Gasteiger partial charge in [-0.1, -0.05) is 36.4 Å². The van der Waals surface area contributed by atoms with E-state index in [-0.39, 0.29) is 0 Å². The first kappa shape index (κ1) is 16.9. The van der Waals surface area contributed by atoms with Crippen molar-refractivity contribution < 1.29 is 9.53 Å². The van der Waals surface area contributed by atoms with Crippen LogP contribution in [0.4, 0.5) is 16.2 Å². The molecule has 0 aliphatic carbocycles. The zero-order chi connectivity index (χ0) is 16.7. The molecule has 0 heterocycles. The number of carbonyl (C=O) groups excluding carboxylic acids is 1. The van der Waals surface area contributed by atoms with Crippen molar-refractivity contribution in [3.8, 4) is 0 Å². The van der Waals surface area contributed by atoms with E-state index in [9.17, 15) is 4.79 Å². The number of hydrogen-bond acceptors (Lipinski definition) is 3. The smallest absolute Gasteiger partial charge is 0.412 e. The molecule has 2 rings (SSSR count). The zero-order valence-electron chi connectivity index (χ0n) is 13.9. The van der Waals surface area contributed by atoms with E-state index in [0.29, 0.717) is 5.69 Å². The van der Waals surface area contributed by atoms with E-state index in [1.807, 2.05) is 63.2 Å². The van der Waals surface area contributed by atoms with Gasteiger partial charge in [0.25, 0.3) is 0 Å². The third-order valence-corrected chi connectivity index (χ3v) is 3.09. The quantitative estimate of drug-likeness (QED) is 0.842. The Morgan fingerprint density at radius 1 is 1.00 bits per heavy atom. The Labute approximate surface area is 137 Å². The summed E-state index contributed by atoms with van der Waals surface area (Å²) in [7, 11) is 0. The van der Waals surface area contributed by atoms with Crippen LogP contribution in [0.3, 0.4) is 0 Å². The van der Waals surface area contributed by atoms with E-state index >= 15 is 0 Å². The largest absolute Gasteiger partial charge is 0.444 e. The maximum absolute atomic E-state index is 11.8. The number of carbonyl (C=O) groups is 1. The second-order valence-electron chi connectivity index (χ2n) is 6.37. The van der Waals surface area contributed by atoms with E-state index < -0.39 is 11.7 Å². The highest BCUT2D eigenvalue weighted by molar-refractivity contribution is 5.85. The highest BCUT2D eigenvalue weighted by Gasteiger charge is 2.16. The summed E-state index contributed by atoms with van der Waals surface area (Å²) in [6.45, 7) is 6.36. The van der Waals surface area contributed by atoms with Gasteiger partial charge in [0.2, 0.25) is 0 Å². The maximum atomic E-state index is 11.8. The van der Waals surface area contributed by atoms with Gasteiger partial charge in [-0.3, -0.25) is 5.32 Å². The van der Waals surface area contributed by atoms with Crippen LogP contribution in [0.2, 0.25) is 0 Å². The normalized spacial score (nSPS) is 10.9. The lowest BCUT2D eigenvalue weighted by molar-refractivity contribution is 0.0636. The fourth-order valence-corrected chi connectivity index (χ4v) is 2.12. The van der Waals surface area contributed by atoms with Crippen molar-refractivity contribution in [3.63, 3.8) is 0 Å². The van der Waals surface area contributed by atoms with E-state index in [1.54, 1.807) is 0 Å². The number of benzene rings is 2. The van der Waals surface area contributed by atoms with Crippen LogP contribution in [0.1, 0.15) is 26.3 Å². The summed E-state index contributed by atoms with van der Waals surface area (Å²) in [5.41, 5.74) is 2.47. The highest BCUT2D eigenvalue weighted by atomic mass is 16.6. The van der Waals surface area contributed by atoms with Crippen LogP contribution in [-0.2, 0) is 11.2 Å². The standard InChI is InChI=1S/C19H24N2O2/c1-19(2,3)23-18(22)21-17-11-7-10-16(14-17)20-13-12-15-8-5-4-6-9-15/h4-11,14,20H,12-13H2,1-3H3,(H,21,22). The molecule has 2 N–H and O–H groups in total. The monoisotopic (exact) mass is 312 g/mol. The third-order valence-electron chi connectivity index (χ3n) is 3.09. The van der Waals surface area contributed by atoms with Gasteiger partial charge in [0.15, 0.2) is 0 Å². The average Bonchev–Trinajstić information content (AvgIpc) is 2.46. The molecule has 0 saturated carbocycles. The zero-order valence-corrected chi connectivity index (χ0v) is 13.9. The topological polar surface area (TPSA) is 50.4 Å². The van der Waals surface area contributed by atoms with E-state index in [0.717, 1.165) is 18.7 Å². The van der Waals surface area contributed by atoms with Crippen molar-refractivity contribution in [1.29, 1.82) is 0 Å². The van der Waals surface area contributed by atoms with Crippen LogP contribution in [-0.4, -0.2) is 18.2 Å². The van der Waals surface area contributed by atoms with Gasteiger partial charge in [0.1, 0.15) is 5.60 Å². The van der Waals surface area contributed by atoms with Gasteiger partial charge in [0, 0.05) is 17.9 Å². The fourth-order valence-electron chi connectivity index (χ4n) is 2.12. The van der Waals surface area contributed by atoms with Crippen LogP contribution in [0.25, 0.3) is 0 Å². The van der Waals surface area contributed by atoms with Gasteiger partial charge in [0.05, 0.1) is 0 Å². The number of hydrogen-bond donors (Lipinski definition) is 2. The lowest BCUT2D eigenvalue weighted by Crippen LogP contribution is -2.27. The molecule has 0 atom stereocenters. The van der Waals surface area contributed by atoms with Crippen molar-refractivity contribution in [2.45, 2.75) is 32.8 Å². The first-order valence-corrected chi connectivity index (χ1v) is 7.80. The minimum Gasteiger partial charge on any atom is -0.444 e. The predicted molar refractivity (Wildman–Crippen MR) is 94.9 cm³/mol. The summed E-state index contributed by atoms with van der Waals surface area (Å²) in [6, 6.07) is 17.9. The molecule has 122 valence electrons. The van der Waals surface area contributed by atoms with Crippen LogP contribution < -0.4 is 10.6 Å². The van der Waals surface area contributed by atoms with Crippen molar-refractivity contribution in [3.05, 3.63) is 60.2 Å². The van der Waals surface area contributed by atoms with Gasteiger partial charge in [-0.25, -0.2) is 4.79 Å². The van der Waals surface area contributed by atoms with Crippen molar-refractivity contribution in [2.75, 3.05) is 17.2 Å². The summed E-state index contributed by atoms with van der Waals surface area (Å²) in [5.74, 6) is 0. The summed E-state index contributed by atoms with van der Waals surface area (Å²) in [5, 5.41) is 6.11. The molecule has 0 aliphatic heterocycles. The average molecular weight is 312 g/mol. The molecule has 1 amide bonds. The Hall–Kier alpha value is -2.49. The number of rotatable bonds is 5. The Morgan fingerprint density at radius 2 is 1.70 bits per heavy atom. The van der Waals surface area contributed by atoms with Crippen molar-refractivity contribution in [2.24, 2.45) is 0 Å². The SMILES string of the molecule is CC(C)(C)OC(=O)Nc1cccc(NCCc2ccccc2)c1. The minimum atomic E-state index is -0.504. The Bertz CT molecular complexity index is 633. The molecule has 2 aromatic rings. The fraction of sp³-hybridized carbons (Fsp3) is 0.316. The molecule has 0 aliphatic rings. The van der Waals surface area contributed by atoms with Crippen LogP contribution in [0.15, 0.2) is 54.6 Å². The predicted octanol–water partition coefficient (Wildman–Crippen LogP) is 4.69. The Balaban J connectivity index is 1.86. The van der Waals surface area contributed by atoms with Crippen LogP contribution in [0, 0.1) is 0 Å². The van der Waals surface area contributed by atoms with Gasteiger partial charge < -0.3 is 10.1 Å². The van der Waals surface area contributed by atoms with Gasteiger partial charge in [-0.05, 0) is 51.0 Å². The van der Waals surface area contributed by atoms with Crippen LogP contribution >= 0.6 is 0 Å². The first-order chi connectivity index (χ1) is 10.9. The molecule has 0 aromatic heterocycles. The molecule has 0 spiro atoms.